The van der Waals surface area contributed by atoms with Crippen molar-refractivity contribution in [3.8, 4) is 0 Å². The molecule has 0 aliphatic heterocycles. The molecule has 0 rings (SSSR count). The summed E-state index contributed by atoms with van der Waals surface area (Å²) in [5.74, 6) is 2.56. The second kappa shape index (κ2) is 14.5. The molecule has 0 aliphatic carbocycles. The quantitative estimate of drug-likeness (QED) is 0.546. The van der Waals surface area contributed by atoms with E-state index in [1.165, 1.54) is 6.42 Å². The number of hydrogen-bond acceptors (Lipinski definition) is 0. The molecule has 0 saturated heterocycles. The van der Waals surface area contributed by atoms with Crippen molar-refractivity contribution in [1.82, 2.24) is 0 Å². The predicted molar refractivity (Wildman–Crippen MR) is 66.2 cm³/mol. The maximum absolute atomic E-state index is 2.31. The van der Waals surface area contributed by atoms with Crippen LogP contribution < -0.4 is 0 Å². The van der Waals surface area contributed by atoms with Crippen LogP contribution in [0, 0.1) is 17.8 Å². The molecule has 0 unspecified atom stereocenters. The normalized spacial score (nSPS) is 9.23. The molecule has 0 nitrogen and oxygen atoms in total. The average molecular weight is 188 g/mol. The van der Waals surface area contributed by atoms with Gasteiger partial charge in [0.05, 0.1) is 0 Å². The van der Waals surface area contributed by atoms with E-state index in [0.29, 0.717) is 0 Å². The van der Waals surface area contributed by atoms with E-state index in [4.69, 9.17) is 0 Å². The summed E-state index contributed by atoms with van der Waals surface area (Å²) in [5.41, 5.74) is 0. The lowest BCUT2D eigenvalue weighted by molar-refractivity contribution is 0.316. The van der Waals surface area contributed by atoms with Crippen molar-refractivity contribution in [2.24, 2.45) is 17.8 Å². The van der Waals surface area contributed by atoms with Crippen LogP contribution in [0.15, 0.2) is 0 Å². The minimum Gasteiger partial charge on any atom is -0.0683 e. The molecule has 0 bridgehead atoms. The standard InChI is InChI=1S/C8H18.C3H8.C2H6/c1-6(2)8(5)7(3)4;1-3-2;1-2/h6-8H,1-5H3;3H2,1-2H3;1-2H3. The topological polar surface area (TPSA) is 0 Å². The van der Waals surface area contributed by atoms with Gasteiger partial charge in [0.25, 0.3) is 0 Å². The Morgan fingerprint density at radius 3 is 0.846 bits per heavy atom. The van der Waals surface area contributed by atoms with Crippen LogP contribution in [0.2, 0.25) is 0 Å². The van der Waals surface area contributed by atoms with Crippen LogP contribution in [-0.2, 0) is 0 Å². The fraction of sp³-hybridized carbons (Fsp3) is 1.00. The van der Waals surface area contributed by atoms with Crippen LogP contribution in [-0.4, -0.2) is 0 Å². The third-order valence-electron chi connectivity index (χ3n) is 2.10. The lowest BCUT2D eigenvalue weighted by Crippen LogP contribution is -2.10. The van der Waals surface area contributed by atoms with Gasteiger partial charge in [-0.2, -0.15) is 0 Å². The minimum atomic E-state index is 0.843. The molecule has 0 heterocycles. The van der Waals surface area contributed by atoms with Gasteiger partial charge in [-0.15, -0.1) is 0 Å². The lowest BCUT2D eigenvalue weighted by Gasteiger charge is -2.18. The van der Waals surface area contributed by atoms with Crippen molar-refractivity contribution in [3.63, 3.8) is 0 Å². The summed E-state index contributed by atoms with van der Waals surface area (Å²) in [4.78, 5) is 0. The highest BCUT2D eigenvalue weighted by Gasteiger charge is 2.09. The van der Waals surface area contributed by atoms with Crippen LogP contribution in [0.4, 0.5) is 0 Å². The predicted octanol–water partition coefficient (Wildman–Crippen LogP) is 5.38. The van der Waals surface area contributed by atoms with Crippen LogP contribution in [0.1, 0.15) is 68.7 Å². The van der Waals surface area contributed by atoms with Crippen molar-refractivity contribution in [3.05, 3.63) is 0 Å². The van der Waals surface area contributed by atoms with E-state index in [1.54, 1.807) is 0 Å². The second-order valence-electron chi connectivity index (χ2n) is 4.05. The van der Waals surface area contributed by atoms with E-state index < -0.39 is 0 Å². The molecule has 84 valence electrons. The van der Waals surface area contributed by atoms with Crippen LogP contribution in [0.5, 0.6) is 0 Å². The van der Waals surface area contributed by atoms with Gasteiger partial charge in [-0.25, -0.2) is 0 Å². The van der Waals surface area contributed by atoms with Gasteiger partial charge >= 0.3 is 0 Å². The van der Waals surface area contributed by atoms with E-state index in [0.717, 1.165) is 17.8 Å². The molecule has 0 heteroatoms. The zero-order valence-electron chi connectivity index (χ0n) is 11.4. The van der Waals surface area contributed by atoms with E-state index in [-0.39, 0.29) is 0 Å². The van der Waals surface area contributed by atoms with Crippen LogP contribution in [0.3, 0.4) is 0 Å². The molecular weight excluding hydrogens is 156 g/mol. The summed E-state index contributed by atoms with van der Waals surface area (Å²) in [6.45, 7) is 19.7. The molecule has 0 spiro atoms. The maximum Gasteiger partial charge on any atom is -0.0396 e. The molecule has 0 radical (unpaired) electrons. The Morgan fingerprint density at radius 1 is 0.692 bits per heavy atom. The van der Waals surface area contributed by atoms with Gasteiger partial charge in [0.1, 0.15) is 0 Å². The van der Waals surface area contributed by atoms with Crippen molar-refractivity contribution in [2.45, 2.75) is 68.7 Å². The molecule has 0 aromatic heterocycles. The molecule has 0 aromatic carbocycles. The van der Waals surface area contributed by atoms with Crippen LogP contribution >= 0.6 is 0 Å². The highest BCUT2D eigenvalue weighted by Crippen LogP contribution is 2.18. The van der Waals surface area contributed by atoms with Gasteiger partial charge < -0.3 is 0 Å². The van der Waals surface area contributed by atoms with Crippen molar-refractivity contribution >= 4 is 0 Å². The third-order valence-corrected chi connectivity index (χ3v) is 2.10. The van der Waals surface area contributed by atoms with Gasteiger partial charge in [0.15, 0.2) is 0 Å². The molecule has 0 saturated carbocycles. The summed E-state index contributed by atoms with van der Waals surface area (Å²) < 4.78 is 0. The molecule has 0 aromatic rings. The van der Waals surface area contributed by atoms with Gasteiger partial charge in [-0.05, 0) is 17.8 Å². The number of rotatable bonds is 2. The van der Waals surface area contributed by atoms with Crippen molar-refractivity contribution in [2.75, 3.05) is 0 Å². The van der Waals surface area contributed by atoms with Gasteiger partial charge in [0, 0.05) is 0 Å². The molecule has 13 heavy (non-hydrogen) atoms. The monoisotopic (exact) mass is 188 g/mol. The lowest BCUT2D eigenvalue weighted by atomic mass is 9.88. The maximum atomic E-state index is 2.31. The molecule has 0 amide bonds. The van der Waals surface area contributed by atoms with E-state index in [1.807, 2.05) is 13.8 Å². The van der Waals surface area contributed by atoms with Crippen LogP contribution in [0.25, 0.3) is 0 Å². The fourth-order valence-corrected chi connectivity index (χ4v) is 0.770. The minimum absolute atomic E-state index is 0.843. The molecular formula is C13H32. The van der Waals surface area contributed by atoms with Crippen molar-refractivity contribution in [1.29, 1.82) is 0 Å². The first-order valence-corrected chi connectivity index (χ1v) is 5.97. The van der Waals surface area contributed by atoms with Gasteiger partial charge in [0.2, 0.25) is 0 Å². The first-order valence-electron chi connectivity index (χ1n) is 5.97. The van der Waals surface area contributed by atoms with Gasteiger partial charge in [-0.3, -0.25) is 0 Å². The first-order chi connectivity index (χ1) is 5.97. The Bertz CT molecular complexity index is 54.4. The summed E-state index contributed by atoms with van der Waals surface area (Å²) in [6, 6.07) is 0. The van der Waals surface area contributed by atoms with Crippen molar-refractivity contribution < 1.29 is 0 Å². The summed E-state index contributed by atoms with van der Waals surface area (Å²) in [5, 5.41) is 0. The summed E-state index contributed by atoms with van der Waals surface area (Å²) >= 11 is 0. The third kappa shape index (κ3) is 18.8. The second-order valence-corrected chi connectivity index (χ2v) is 4.05. The Morgan fingerprint density at radius 2 is 0.846 bits per heavy atom. The number of hydrogen-bond donors (Lipinski definition) is 0. The molecule has 0 N–H and O–H groups in total. The van der Waals surface area contributed by atoms with Gasteiger partial charge in [-0.1, -0.05) is 68.7 Å². The smallest absolute Gasteiger partial charge is 0.0396 e. The Hall–Kier alpha value is 0. The first kappa shape index (κ1) is 18.7. The van der Waals surface area contributed by atoms with E-state index >= 15 is 0 Å². The molecule has 0 fully saturated rings. The largest absolute Gasteiger partial charge is 0.0683 e. The summed E-state index contributed by atoms with van der Waals surface area (Å²) in [6.07, 6.45) is 1.25. The molecule has 0 aliphatic rings. The fourth-order valence-electron chi connectivity index (χ4n) is 0.770. The Balaban J connectivity index is -0.000000169. The highest BCUT2D eigenvalue weighted by atomic mass is 14.2. The Labute approximate surface area is 87.1 Å². The molecule has 0 atom stereocenters. The highest BCUT2D eigenvalue weighted by molar-refractivity contribution is 4.59. The average Bonchev–Trinajstić information content (AvgIpc) is 2.08. The summed E-state index contributed by atoms with van der Waals surface area (Å²) in [7, 11) is 0. The Kier molecular flexibility index (Phi) is 20.9. The zero-order chi connectivity index (χ0) is 11.4. The van der Waals surface area contributed by atoms with E-state index in [2.05, 4.69) is 48.5 Å². The zero-order valence-corrected chi connectivity index (χ0v) is 11.4. The van der Waals surface area contributed by atoms with E-state index in [9.17, 15) is 0 Å². The SMILES string of the molecule is CC.CC(C)C(C)C(C)C.CCC.